The van der Waals surface area contributed by atoms with Crippen molar-refractivity contribution < 1.29 is 9.13 Å². The van der Waals surface area contributed by atoms with Gasteiger partial charge in [0.2, 0.25) is 0 Å². The SMILES string of the molecule is CC1CCCC(Oc2ccc(F)cc2[C@@H](C)N)C1. The van der Waals surface area contributed by atoms with Crippen LogP contribution in [-0.2, 0) is 0 Å². The molecule has 1 aliphatic carbocycles. The number of rotatable bonds is 3. The highest BCUT2D eigenvalue weighted by Gasteiger charge is 2.21. The van der Waals surface area contributed by atoms with E-state index in [-0.39, 0.29) is 18.0 Å². The molecule has 3 atom stereocenters. The van der Waals surface area contributed by atoms with Gasteiger partial charge in [0.15, 0.2) is 0 Å². The molecule has 0 heterocycles. The molecule has 2 nitrogen and oxygen atoms in total. The predicted octanol–water partition coefficient (Wildman–Crippen LogP) is 3.80. The fourth-order valence-electron chi connectivity index (χ4n) is 2.65. The number of halogens is 1. The lowest BCUT2D eigenvalue weighted by atomic mass is 9.88. The molecule has 0 bridgehead atoms. The van der Waals surface area contributed by atoms with Gasteiger partial charge in [-0.15, -0.1) is 0 Å². The fraction of sp³-hybridized carbons (Fsp3) is 0.600. The molecule has 1 aromatic rings. The van der Waals surface area contributed by atoms with Crippen molar-refractivity contribution in [1.29, 1.82) is 0 Å². The van der Waals surface area contributed by atoms with Gasteiger partial charge in [-0.3, -0.25) is 0 Å². The topological polar surface area (TPSA) is 35.2 Å². The third-order valence-electron chi connectivity index (χ3n) is 3.64. The molecule has 1 aliphatic rings. The smallest absolute Gasteiger partial charge is 0.124 e. The first-order valence-electron chi connectivity index (χ1n) is 6.78. The second kappa shape index (κ2) is 5.70. The molecule has 1 saturated carbocycles. The van der Waals surface area contributed by atoms with Gasteiger partial charge in [0.05, 0.1) is 6.10 Å². The summed E-state index contributed by atoms with van der Waals surface area (Å²) in [5.41, 5.74) is 6.63. The summed E-state index contributed by atoms with van der Waals surface area (Å²) in [6.45, 7) is 4.11. The van der Waals surface area contributed by atoms with Crippen molar-refractivity contribution in [3.05, 3.63) is 29.6 Å². The van der Waals surface area contributed by atoms with Crippen molar-refractivity contribution >= 4 is 0 Å². The Morgan fingerprint density at radius 2 is 2.17 bits per heavy atom. The van der Waals surface area contributed by atoms with Crippen molar-refractivity contribution in [2.24, 2.45) is 11.7 Å². The highest BCUT2D eigenvalue weighted by molar-refractivity contribution is 5.36. The second-order valence-corrected chi connectivity index (χ2v) is 5.48. The van der Waals surface area contributed by atoms with Crippen molar-refractivity contribution in [2.75, 3.05) is 0 Å². The normalized spacial score (nSPS) is 25.8. The van der Waals surface area contributed by atoms with Crippen LogP contribution in [0.1, 0.15) is 51.1 Å². The Morgan fingerprint density at radius 3 is 2.83 bits per heavy atom. The van der Waals surface area contributed by atoms with Crippen LogP contribution in [0.15, 0.2) is 18.2 Å². The minimum Gasteiger partial charge on any atom is -0.490 e. The quantitative estimate of drug-likeness (QED) is 0.886. The Morgan fingerprint density at radius 1 is 1.39 bits per heavy atom. The van der Waals surface area contributed by atoms with E-state index in [1.165, 1.54) is 25.0 Å². The first kappa shape index (κ1) is 13.3. The summed E-state index contributed by atoms with van der Waals surface area (Å²) in [5.74, 6) is 1.19. The number of nitrogens with two attached hydrogens (primary N) is 1. The summed E-state index contributed by atoms with van der Waals surface area (Å²) in [6, 6.07) is 4.41. The molecule has 100 valence electrons. The molecule has 1 fully saturated rings. The van der Waals surface area contributed by atoms with Crippen LogP contribution in [0.2, 0.25) is 0 Å². The fourth-order valence-corrected chi connectivity index (χ4v) is 2.65. The van der Waals surface area contributed by atoms with E-state index in [9.17, 15) is 4.39 Å². The monoisotopic (exact) mass is 251 g/mol. The standard InChI is InChI=1S/C15H22FNO/c1-10-4-3-5-13(8-10)18-15-7-6-12(16)9-14(15)11(2)17/h6-7,9-11,13H,3-5,8,17H2,1-2H3/t10?,11-,13?/m1/s1. The summed E-state index contributed by atoms with van der Waals surface area (Å²) in [7, 11) is 0. The summed E-state index contributed by atoms with van der Waals surface area (Å²) in [4.78, 5) is 0. The lowest BCUT2D eigenvalue weighted by Gasteiger charge is -2.28. The van der Waals surface area contributed by atoms with E-state index in [0.717, 1.165) is 24.2 Å². The van der Waals surface area contributed by atoms with Crippen LogP contribution in [0.4, 0.5) is 4.39 Å². The molecular weight excluding hydrogens is 229 g/mol. The van der Waals surface area contributed by atoms with Gasteiger partial charge in [-0.1, -0.05) is 13.3 Å². The lowest BCUT2D eigenvalue weighted by Crippen LogP contribution is -2.25. The molecule has 0 spiro atoms. The Balaban J connectivity index is 2.12. The third kappa shape index (κ3) is 3.22. The molecule has 2 N–H and O–H groups in total. The van der Waals surface area contributed by atoms with Crippen LogP contribution in [0, 0.1) is 11.7 Å². The minimum atomic E-state index is -0.258. The minimum absolute atomic E-state index is 0.211. The molecule has 0 radical (unpaired) electrons. The molecule has 0 aromatic heterocycles. The van der Waals surface area contributed by atoms with Crippen LogP contribution in [0.3, 0.4) is 0 Å². The summed E-state index contributed by atoms with van der Waals surface area (Å²) in [5, 5.41) is 0. The Bertz CT molecular complexity index is 405. The number of hydrogen-bond acceptors (Lipinski definition) is 2. The molecule has 0 saturated heterocycles. The maximum Gasteiger partial charge on any atom is 0.124 e. The van der Waals surface area contributed by atoms with Gasteiger partial charge in [-0.05, 0) is 50.3 Å². The largest absolute Gasteiger partial charge is 0.490 e. The van der Waals surface area contributed by atoms with Crippen molar-refractivity contribution in [2.45, 2.75) is 51.7 Å². The number of hydrogen-bond donors (Lipinski definition) is 1. The lowest BCUT2D eigenvalue weighted by molar-refractivity contribution is 0.127. The molecule has 0 amide bonds. The van der Waals surface area contributed by atoms with Gasteiger partial charge >= 0.3 is 0 Å². The van der Waals surface area contributed by atoms with Crippen LogP contribution < -0.4 is 10.5 Å². The molecule has 2 rings (SSSR count). The van der Waals surface area contributed by atoms with Gasteiger partial charge in [0, 0.05) is 11.6 Å². The van der Waals surface area contributed by atoms with E-state index in [2.05, 4.69) is 6.92 Å². The number of ether oxygens (including phenoxy) is 1. The molecule has 2 unspecified atom stereocenters. The van der Waals surface area contributed by atoms with Gasteiger partial charge in [0.25, 0.3) is 0 Å². The first-order chi connectivity index (χ1) is 8.56. The Hall–Kier alpha value is -1.09. The molecule has 18 heavy (non-hydrogen) atoms. The van der Waals surface area contributed by atoms with Crippen molar-refractivity contribution in [1.82, 2.24) is 0 Å². The van der Waals surface area contributed by atoms with E-state index in [1.807, 2.05) is 6.92 Å². The molecule has 1 aromatic carbocycles. The zero-order valence-electron chi connectivity index (χ0n) is 11.2. The molecule has 3 heteroatoms. The first-order valence-corrected chi connectivity index (χ1v) is 6.78. The van der Waals surface area contributed by atoms with Gasteiger partial charge in [0.1, 0.15) is 11.6 Å². The van der Waals surface area contributed by atoms with E-state index in [1.54, 1.807) is 6.07 Å². The zero-order valence-corrected chi connectivity index (χ0v) is 11.2. The van der Waals surface area contributed by atoms with E-state index in [4.69, 9.17) is 10.5 Å². The van der Waals surface area contributed by atoms with Crippen LogP contribution in [0.5, 0.6) is 5.75 Å². The summed E-state index contributed by atoms with van der Waals surface area (Å²) >= 11 is 0. The Labute approximate surface area is 108 Å². The van der Waals surface area contributed by atoms with Crippen LogP contribution in [-0.4, -0.2) is 6.10 Å². The van der Waals surface area contributed by atoms with Crippen molar-refractivity contribution in [3.8, 4) is 5.75 Å². The average Bonchev–Trinajstić information content (AvgIpc) is 2.31. The average molecular weight is 251 g/mol. The summed E-state index contributed by atoms with van der Waals surface area (Å²) in [6.07, 6.45) is 4.90. The summed E-state index contributed by atoms with van der Waals surface area (Å²) < 4.78 is 19.3. The Kier molecular flexibility index (Phi) is 4.23. The van der Waals surface area contributed by atoms with Gasteiger partial charge in [-0.2, -0.15) is 0 Å². The molecular formula is C15H22FNO. The number of benzene rings is 1. The van der Waals surface area contributed by atoms with Crippen LogP contribution >= 0.6 is 0 Å². The second-order valence-electron chi connectivity index (χ2n) is 5.48. The van der Waals surface area contributed by atoms with Gasteiger partial charge < -0.3 is 10.5 Å². The highest BCUT2D eigenvalue weighted by Crippen LogP contribution is 2.31. The highest BCUT2D eigenvalue weighted by atomic mass is 19.1. The predicted molar refractivity (Wildman–Crippen MR) is 71.1 cm³/mol. The molecule has 0 aliphatic heterocycles. The van der Waals surface area contributed by atoms with Crippen LogP contribution in [0.25, 0.3) is 0 Å². The third-order valence-corrected chi connectivity index (χ3v) is 3.64. The van der Waals surface area contributed by atoms with E-state index in [0.29, 0.717) is 5.92 Å². The maximum atomic E-state index is 13.2. The zero-order chi connectivity index (χ0) is 13.1. The van der Waals surface area contributed by atoms with Gasteiger partial charge in [-0.25, -0.2) is 4.39 Å². The maximum absolute atomic E-state index is 13.2. The van der Waals surface area contributed by atoms with E-state index >= 15 is 0 Å². The van der Waals surface area contributed by atoms with Crippen molar-refractivity contribution in [3.63, 3.8) is 0 Å². The van der Waals surface area contributed by atoms with E-state index < -0.39 is 0 Å².